The molecule has 0 nitrogen and oxygen atoms in total. The lowest BCUT2D eigenvalue weighted by molar-refractivity contribution is 0.531. The molecule has 0 aromatic rings. The Balaban J connectivity index is 2.93. The van der Waals surface area contributed by atoms with Crippen molar-refractivity contribution in [2.24, 2.45) is 0 Å². The van der Waals surface area contributed by atoms with E-state index in [2.05, 4.69) is 0 Å². The molecular weight excluding hydrogens is 315 g/mol. The summed E-state index contributed by atoms with van der Waals surface area (Å²) in [5.41, 5.74) is 0. The van der Waals surface area contributed by atoms with Crippen LogP contribution in [0.4, 0.5) is 0 Å². The molecule has 0 amide bonds. The van der Waals surface area contributed by atoms with E-state index in [1.165, 1.54) is 113 Å². The molecule has 0 saturated carbocycles. The van der Waals surface area contributed by atoms with Gasteiger partial charge < -0.3 is 0 Å². The van der Waals surface area contributed by atoms with Gasteiger partial charge in [-0.25, -0.2) is 0 Å². The van der Waals surface area contributed by atoms with Crippen molar-refractivity contribution in [2.75, 3.05) is 0 Å². The largest absolute Gasteiger partial charge is 0.107 e. The van der Waals surface area contributed by atoms with Gasteiger partial charge >= 0.3 is 0 Å². The summed E-state index contributed by atoms with van der Waals surface area (Å²) in [6.07, 6.45) is 22.3. The van der Waals surface area contributed by atoms with Gasteiger partial charge in [0.2, 0.25) is 0 Å². The topological polar surface area (TPSA) is 0 Å². The highest BCUT2D eigenvalue weighted by atomic mass is 35.5. The van der Waals surface area contributed by atoms with E-state index in [0.29, 0.717) is 0 Å². The van der Waals surface area contributed by atoms with Crippen LogP contribution in [0.1, 0.15) is 103 Å². The summed E-state index contributed by atoms with van der Waals surface area (Å²) >= 11 is 11.4. The van der Waals surface area contributed by atoms with Crippen LogP contribution in [-0.4, -0.2) is 15.1 Å². The van der Waals surface area contributed by atoms with E-state index in [1.807, 2.05) is 0 Å². The van der Waals surface area contributed by atoms with Crippen molar-refractivity contribution < 1.29 is 0 Å². The number of unbranched alkanes of at least 4 members (excludes halogenated alkanes) is 14. The average Bonchev–Trinajstić information content (AvgIpc) is 2.46. The molecule has 0 fully saturated rings. The monoisotopic (exact) mass is 352 g/mol. The van der Waals surface area contributed by atoms with E-state index < -0.39 is 0 Å². The molecule has 0 aliphatic carbocycles. The Labute approximate surface area is 147 Å². The van der Waals surface area contributed by atoms with E-state index >= 15 is 0 Å². The third-order valence-corrected chi connectivity index (χ3v) is 5.42. The normalized spacial score (nSPS) is 11.6. The van der Waals surface area contributed by atoms with Crippen LogP contribution in [0.3, 0.4) is 0 Å². The molecule has 0 saturated heterocycles. The van der Waals surface area contributed by atoms with E-state index in [9.17, 15) is 0 Å². The van der Waals surface area contributed by atoms with Crippen LogP contribution in [0.25, 0.3) is 0 Å². The van der Waals surface area contributed by atoms with Gasteiger partial charge in [-0.3, -0.25) is 0 Å². The molecule has 128 valence electrons. The fourth-order valence-corrected chi connectivity index (χ4v) is 3.66. The van der Waals surface area contributed by atoms with Gasteiger partial charge in [0.1, 0.15) is 4.84 Å². The maximum Gasteiger partial charge on any atom is 0.107 e. The Morgan fingerprint density at radius 1 is 0.476 bits per heavy atom. The third-order valence-electron chi connectivity index (χ3n) is 4.28. The highest BCUT2D eigenvalue weighted by Crippen LogP contribution is 2.16. The molecule has 0 N–H and O–H groups in total. The minimum atomic E-state index is -0.154. The van der Waals surface area contributed by atoms with Crippen molar-refractivity contribution in [1.82, 2.24) is 0 Å². The van der Waals surface area contributed by atoms with Gasteiger partial charge in [0.15, 0.2) is 0 Å². The molecule has 0 aliphatic rings. The standard InChI is InChI=1S/C18H38Cl2Si/c19-18(20)16-14-12-10-8-6-4-2-1-3-5-7-9-11-13-15-17-21/h18H,1-17H2,21H3. The quantitative estimate of drug-likeness (QED) is 0.153. The molecule has 0 rings (SSSR count). The summed E-state index contributed by atoms with van der Waals surface area (Å²) in [4.78, 5) is -0.154. The minimum Gasteiger partial charge on any atom is -0.105 e. The van der Waals surface area contributed by atoms with Crippen LogP contribution in [-0.2, 0) is 0 Å². The maximum absolute atomic E-state index is 5.71. The van der Waals surface area contributed by atoms with Crippen LogP contribution >= 0.6 is 23.2 Å². The van der Waals surface area contributed by atoms with E-state index in [-0.39, 0.29) is 4.84 Å². The second-order valence-electron chi connectivity index (χ2n) is 6.48. The summed E-state index contributed by atoms with van der Waals surface area (Å²) in [7, 11) is 1.40. The molecule has 0 heterocycles. The van der Waals surface area contributed by atoms with E-state index in [0.717, 1.165) is 6.42 Å². The summed E-state index contributed by atoms with van der Waals surface area (Å²) in [6, 6.07) is 1.50. The van der Waals surface area contributed by atoms with Gasteiger partial charge in [0.25, 0.3) is 0 Å². The first kappa shape index (κ1) is 21.8. The maximum atomic E-state index is 5.71. The summed E-state index contributed by atoms with van der Waals surface area (Å²) in [5.74, 6) is 0. The molecular formula is C18H38Cl2Si. The fraction of sp³-hybridized carbons (Fsp3) is 1.00. The minimum absolute atomic E-state index is 0.154. The first-order chi connectivity index (χ1) is 10.3. The summed E-state index contributed by atoms with van der Waals surface area (Å²) in [5, 5.41) is 0. The lowest BCUT2D eigenvalue weighted by Gasteiger charge is -2.04. The molecule has 0 bridgehead atoms. The third kappa shape index (κ3) is 20.8. The van der Waals surface area contributed by atoms with Crippen molar-refractivity contribution in [3.8, 4) is 0 Å². The van der Waals surface area contributed by atoms with Gasteiger partial charge in [-0.2, -0.15) is 0 Å². The van der Waals surface area contributed by atoms with Crippen LogP contribution in [0.2, 0.25) is 6.04 Å². The van der Waals surface area contributed by atoms with E-state index in [4.69, 9.17) is 23.2 Å². The van der Waals surface area contributed by atoms with Gasteiger partial charge in [-0.15, -0.1) is 23.2 Å². The smallest absolute Gasteiger partial charge is 0.105 e. The first-order valence-corrected chi connectivity index (χ1v) is 11.8. The van der Waals surface area contributed by atoms with Crippen molar-refractivity contribution in [2.45, 2.75) is 114 Å². The zero-order valence-electron chi connectivity index (χ0n) is 14.4. The van der Waals surface area contributed by atoms with Crippen molar-refractivity contribution in [3.05, 3.63) is 0 Å². The molecule has 0 atom stereocenters. The summed E-state index contributed by atoms with van der Waals surface area (Å²) < 4.78 is 0. The summed E-state index contributed by atoms with van der Waals surface area (Å²) in [6.45, 7) is 0. The van der Waals surface area contributed by atoms with E-state index in [1.54, 1.807) is 0 Å². The van der Waals surface area contributed by atoms with Gasteiger partial charge in [-0.1, -0.05) is 102 Å². The molecule has 3 heteroatoms. The Kier molecular flexibility index (Phi) is 19.6. The van der Waals surface area contributed by atoms with Gasteiger partial charge in [0.05, 0.1) is 0 Å². The lowest BCUT2D eigenvalue weighted by Crippen LogP contribution is -1.87. The number of alkyl halides is 2. The molecule has 0 aliphatic heterocycles. The molecule has 0 spiro atoms. The predicted molar refractivity (Wildman–Crippen MR) is 104 cm³/mol. The zero-order valence-corrected chi connectivity index (χ0v) is 17.9. The van der Waals surface area contributed by atoms with Crippen LogP contribution < -0.4 is 0 Å². The average molecular weight is 353 g/mol. The Morgan fingerprint density at radius 3 is 1.05 bits per heavy atom. The highest BCUT2D eigenvalue weighted by molar-refractivity contribution is 6.44. The van der Waals surface area contributed by atoms with Gasteiger partial charge in [-0.05, 0) is 6.42 Å². The SMILES string of the molecule is [SiH3]CCCCCCCCCCCCCCCCCC(Cl)Cl. The molecule has 0 aromatic heterocycles. The Hall–Kier alpha value is 0.797. The molecule has 0 aromatic carbocycles. The highest BCUT2D eigenvalue weighted by Gasteiger charge is 1.98. The number of hydrogen-bond donors (Lipinski definition) is 0. The second kappa shape index (κ2) is 18.8. The van der Waals surface area contributed by atoms with Crippen molar-refractivity contribution >= 4 is 33.4 Å². The van der Waals surface area contributed by atoms with Crippen LogP contribution in [0.5, 0.6) is 0 Å². The lowest BCUT2D eigenvalue weighted by atomic mass is 10.0. The number of hydrogen-bond acceptors (Lipinski definition) is 0. The molecule has 0 unspecified atom stereocenters. The molecule has 21 heavy (non-hydrogen) atoms. The predicted octanol–water partition coefficient (Wildman–Crippen LogP) is 6.82. The van der Waals surface area contributed by atoms with Crippen LogP contribution in [0, 0.1) is 0 Å². The van der Waals surface area contributed by atoms with Gasteiger partial charge in [0, 0.05) is 10.2 Å². The Morgan fingerprint density at radius 2 is 0.762 bits per heavy atom. The number of rotatable bonds is 17. The zero-order chi connectivity index (χ0) is 15.6. The van der Waals surface area contributed by atoms with Crippen LogP contribution in [0.15, 0.2) is 0 Å². The van der Waals surface area contributed by atoms with Crippen molar-refractivity contribution in [1.29, 1.82) is 0 Å². The first-order valence-electron chi connectivity index (χ1n) is 9.55. The molecule has 0 radical (unpaired) electrons. The second-order valence-corrected chi connectivity index (χ2v) is 8.76. The Bertz CT molecular complexity index is 186. The number of halogens is 2. The fourth-order valence-electron chi connectivity index (χ4n) is 2.85. The van der Waals surface area contributed by atoms with Crippen molar-refractivity contribution in [3.63, 3.8) is 0 Å².